The van der Waals surface area contributed by atoms with Crippen LogP contribution in [0.2, 0.25) is 0 Å². The Labute approximate surface area is 124 Å². The highest BCUT2D eigenvalue weighted by molar-refractivity contribution is 5.98. The molecule has 1 fully saturated rings. The molecule has 0 spiro atoms. The van der Waals surface area contributed by atoms with Gasteiger partial charge in [0.2, 0.25) is 0 Å². The summed E-state index contributed by atoms with van der Waals surface area (Å²) >= 11 is 0. The van der Waals surface area contributed by atoms with E-state index in [1.807, 2.05) is 55.5 Å². The molecule has 3 heteroatoms. The molecule has 0 heterocycles. The van der Waals surface area contributed by atoms with Gasteiger partial charge in [-0.05, 0) is 30.4 Å². The zero-order chi connectivity index (χ0) is 14.7. The molecule has 21 heavy (non-hydrogen) atoms. The average molecular weight is 279 g/mol. The van der Waals surface area contributed by atoms with Gasteiger partial charge in [0.25, 0.3) is 0 Å². The zero-order valence-electron chi connectivity index (χ0n) is 11.9. The van der Waals surface area contributed by atoms with Crippen LogP contribution in [0.4, 0.5) is 0 Å². The third kappa shape index (κ3) is 3.19. The summed E-state index contributed by atoms with van der Waals surface area (Å²) in [5.41, 5.74) is 2.87. The SMILES string of the molecule is CC(=NOC(=O)[C@@H]1C[C@H]1c1ccccc1)c1ccccc1. The van der Waals surface area contributed by atoms with Crippen molar-refractivity contribution in [1.29, 1.82) is 0 Å². The molecule has 0 aliphatic heterocycles. The Kier molecular flexibility index (Phi) is 3.82. The van der Waals surface area contributed by atoms with Crippen LogP contribution in [0.5, 0.6) is 0 Å². The van der Waals surface area contributed by atoms with Crippen LogP contribution in [0.3, 0.4) is 0 Å². The molecule has 1 saturated carbocycles. The van der Waals surface area contributed by atoms with E-state index in [2.05, 4.69) is 17.3 Å². The van der Waals surface area contributed by atoms with Crippen molar-refractivity contribution in [3.05, 3.63) is 71.8 Å². The van der Waals surface area contributed by atoms with E-state index >= 15 is 0 Å². The number of hydrogen-bond donors (Lipinski definition) is 0. The summed E-state index contributed by atoms with van der Waals surface area (Å²) in [4.78, 5) is 17.1. The Morgan fingerprint density at radius 1 is 1.05 bits per heavy atom. The van der Waals surface area contributed by atoms with Crippen LogP contribution >= 0.6 is 0 Å². The van der Waals surface area contributed by atoms with Crippen LogP contribution in [-0.4, -0.2) is 11.7 Å². The minimum Gasteiger partial charge on any atom is -0.318 e. The number of hydrogen-bond acceptors (Lipinski definition) is 3. The Hall–Kier alpha value is -2.42. The van der Waals surface area contributed by atoms with E-state index in [1.165, 1.54) is 5.56 Å². The van der Waals surface area contributed by atoms with E-state index < -0.39 is 0 Å². The van der Waals surface area contributed by atoms with Crippen molar-refractivity contribution in [2.45, 2.75) is 19.3 Å². The fraction of sp³-hybridized carbons (Fsp3) is 0.222. The standard InChI is InChI=1S/C18H17NO2/c1-13(14-8-4-2-5-9-14)19-21-18(20)17-12-16(17)15-10-6-3-7-11-15/h2-11,16-17H,12H2,1H3/t16-,17+/m0/s1. The molecule has 0 unspecified atom stereocenters. The predicted molar refractivity (Wildman–Crippen MR) is 82.0 cm³/mol. The van der Waals surface area contributed by atoms with E-state index in [4.69, 9.17) is 4.84 Å². The van der Waals surface area contributed by atoms with Gasteiger partial charge in [0, 0.05) is 0 Å². The number of oxime groups is 1. The highest BCUT2D eigenvalue weighted by Gasteiger charge is 2.45. The minimum atomic E-state index is -0.237. The lowest BCUT2D eigenvalue weighted by atomic mass is 10.1. The highest BCUT2D eigenvalue weighted by Crippen LogP contribution is 2.48. The summed E-state index contributed by atoms with van der Waals surface area (Å²) < 4.78 is 0. The van der Waals surface area contributed by atoms with Crippen LogP contribution in [0.1, 0.15) is 30.4 Å². The molecule has 0 saturated heterocycles. The molecule has 1 aliphatic rings. The highest BCUT2D eigenvalue weighted by atomic mass is 16.7. The molecule has 2 aromatic rings. The van der Waals surface area contributed by atoms with Crippen LogP contribution in [0.25, 0.3) is 0 Å². The van der Waals surface area contributed by atoms with Crippen LogP contribution in [0.15, 0.2) is 65.8 Å². The van der Waals surface area contributed by atoms with E-state index in [-0.39, 0.29) is 17.8 Å². The fourth-order valence-corrected chi connectivity index (χ4v) is 2.44. The molecule has 1 aliphatic carbocycles. The third-order valence-corrected chi connectivity index (χ3v) is 3.79. The number of carbonyl (C=O) groups is 1. The van der Waals surface area contributed by atoms with E-state index in [0.717, 1.165) is 12.0 Å². The summed E-state index contributed by atoms with van der Waals surface area (Å²) in [6.45, 7) is 1.84. The number of rotatable bonds is 4. The van der Waals surface area contributed by atoms with Crippen molar-refractivity contribution < 1.29 is 9.63 Å². The fourth-order valence-electron chi connectivity index (χ4n) is 2.44. The zero-order valence-corrected chi connectivity index (χ0v) is 11.9. The lowest BCUT2D eigenvalue weighted by molar-refractivity contribution is -0.145. The number of carbonyl (C=O) groups excluding carboxylic acids is 1. The van der Waals surface area contributed by atoms with Gasteiger partial charge < -0.3 is 4.84 Å². The Bertz CT molecular complexity index is 649. The van der Waals surface area contributed by atoms with Crippen molar-refractivity contribution in [1.82, 2.24) is 0 Å². The van der Waals surface area contributed by atoms with Crippen LogP contribution < -0.4 is 0 Å². The molecule has 3 nitrogen and oxygen atoms in total. The predicted octanol–water partition coefficient (Wildman–Crippen LogP) is 3.76. The van der Waals surface area contributed by atoms with Crippen molar-refractivity contribution in [2.75, 3.05) is 0 Å². The van der Waals surface area contributed by atoms with Crippen molar-refractivity contribution in [3.8, 4) is 0 Å². The summed E-state index contributed by atoms with van der Waals surface area (Å²) in [6, 6.07) is 19.8. The van der Waals surface area contributed by atoms with Crippen molar-refractivity contribution in [2.24, 2.45) is 11.1 Å². The summed E-state index contributed by atoms with van der Waals surface area (Å²) in [7, 11) is 0. The normalized spacial score (nSPS) is 20.9. The first-order valence-corrected chi connectivity index (χ1v) is 7.11. The molecule has 2 atom stereocenters. The molecule has 0 aromatic heterocycles. The molecule has 106 valence electrons. The summed E-state index contributed by atoms with van der Waals surface area (Å²) in [5, 5.41) is 3.95. The summed E-state index contributed by atoms with van der Waals surface area (Å²) in [5.74, 6) is -0.00945. The molecule has 0 bridgehead atoms. The second-order valence-corrected chi connectivity index (χ2v) is 5.31. The second kappa shape index (κ2) is 5.92. The summed E-state index contributed by atoms with van der Waals surface area (Å²) in [6.07, 6.45) is 0.850. The van der Waals surface area contributed by atoms with Gasteiger partial charge in [-0.25, -0.2) is 4.79 Å². The van der Waals surface area contributed by atoms with Gasteiger partial charge in [0.15, 0.2) is 0 Å². The molecular formula is C18H17NO2. The lowest BCUT2D eigenvalue weighted by Crippen LogP contribution is -2.06. The maximum atomic E-state index is 12.0. The Balaban J connectivity index is 1.59. The molecule has 0 amide bonds. The first-order valence-electron chi connectivity index (χ1n) is 7.11. The maximum Gasteiger partial charge on any atom is 0.338 e. The molecule has 3 rings (SSSR count). The molecule has 2 aromatic carbocycles. The Morgan fingerprint density at radius 3 is 2.33 bits per heavy atom. The first kappa shape index (κ1) is 13.6. The quantitative estimate of drug-likeness (QED) is 0.485. The van der Waals surface area contributed by atoms with E-state index in [9.17, 15) is 4.79 Å². The van der Waals surface area contributed by atoms with Gasteiger partial charge in [-0.15, -0.1) is 0 Å². The maximum absolute atomic E-state index is 12.0. The van der Waals surface area contributed by atoms with Gasteiger partial charge in [-0.2, -0.15) is 0 Å². The van der Waals surface area contributed by atoms with Gasteiger partial charge in [-0.1, -0.05) is 65.8 Å². The Morgan fingerprint density at radius 2 is 1.67 bits per heavy atom. The topological polar surface area (TPSA) is 38.7 Å². The smallest absolute Gasteiger partial charge is 0.318 e. The number of benzene rings is 2. The second-order valence-electron chi connectivity index (χ2n) is 5.31. The lowest BCUT2D eigenvalue weighted by Gasteiger charge is -2.01. The largest absolute Gasteiger partial charge is 0.338 e. The molecular weight excluding hydrogens is 262 g/mol. The minimum absolute atomic E-state index is 0.0558. The van der Waals surface area contributed by atoms with Crippen molar-refractivity contribution in [3.63, 3.8) is 0 Å². The van der Waals surface area contributed by atoms with Crippen molar-refractivity contribution >= 4 is 11.7 Å². The third-order valence-electron chi connectivity index (χ3n) is 3.79. The number of nitrogens with zero attached hydrogens (tertiary/aromatic N) is 1. The van der Waals surface area contributed by atoms with E-state index in [1.54, 1.807) is 0 Å². The van der Waals surface area contributed by atoms with Crippen LogP contribution in [-0.2, 0) is 9.63 Å². The monoisotopic (exact) mass is 279 g/mol. The molecule has 0 radical (unpaired) electrons. The van der Waals surface area contributed by atoms with Gasteiger partial charge in [-0.3, -0.25) is 0 Å². The van der Waals surface area contributed by atoms with Gasteiger partial charge in [0.05, 0.1) is 11.6 Å². The van der Waals surface area contributed by atoms with E-state index in [0.29, 0.717) is 5.71 Å². The van der Waals surface area contributed by atoms with Crippen LogP contribution in [0, 0.1) is 5.92 Å². The molecule has 0 N–H and O–H groups in total. The first-order chi connectivity index (χ1) is 10.3. The average Bonchev–Trinajstić information content (AvgIpc) is 3.35. The van der Waals surface area contributed by atoms with Gasteiger partial charge >= 0.3 is 5.97 Å². The van der Waals surface area contributed by atoms with Gasteiger partial charge in [0.1, 0.15) is 0 Å².